The number of ether oxygens (including phenoxy) is 2. The molecule has 0 unspecified atom stereocenters. The fourth-order valence-electron chi connectivity index (χ4n) is 1.04. The van der Waals surface area contributed by atoms with E-state index in [4.69, 9.17) is 9.47 Å². The van der Waals surface area contributed by atoms with Crippen molar-refractivity contribution < 1.29 is 9.47 Å². The monoisotopic (exact) mass is 170 g/mol. The number of aryl methyl sites for hydroxylation is 1. The number of nitrogens with zero attached hydrogens (tertiary/aromatic N) is 2. The molecule has 0 saturated carbocycles. The van der Waals surface area contributed by atoms with Crippen LogP contribution in [0.2, 0.25) is 0 Å². The van der Waals surface area contributed by atoms with E-state index in [1.165, 1.54) is 0 Å². The van der Waals surface area contributed by atoms with Crippen LogP contribution in [0.4, 0.5) is 0 Å². The van der Waals surface area contributed by atoms with Gasteiger partial charge in [-0.05, 0) is 6.07 Å². The van der Waals surface area contributed by atoms with E-state index in [1.54, 1.807) is 20.4 Å². The highest BCUT2D eigenvalue weighted by atomic mass is 16.7. The molecule has 0 aliphatic carbocycles. The second kappa shape index (κ2) is 4.23. The number of methoxy groups -OCH3 is 2. The van der Waals surface area contributed by atoms with Crippen molar-refractivity contribution in [3.05, 3.63) is 18.0 Å². The van der Waals surface area contributed by atoms with E-state index in [-0.39, 0.29) is 6.29 Å². The van der Waals surface area contributed by atoms with Gasteiger partial charge in [-0.15, -0.1) is 0 Å². The van der Waals surface area contributed by atoms with Crippen LogP contribution in [-0.4, -0.2) is 30.3 Å². The maximum atomic E-state index is 5.06. The quantitative estimate of drug-likeness (QED) is 0.620. The molecule has 0 saturated heterocycles. The van der Waals surface area contributed by atoms with Crippen molar-refractivity contribution in [1.29, 1.82) is 0 Å². The molecule has 0 aliphatic rings. The van der Waals surface area contributed by atoms with Crippen molar-refractivity contribution in [2.45, 2.75) is 12.7 Å². The first-order valence-electron chi connectivity index (χ1n) is 3.80. The lowest BCUT2D eigenvalue weighted by Crippen LogP contribution is -2.17. The minimum absolute atomic E-state index is 0.180. The zero-order valence-corrected chi connectivity index (χ0v) is 7.65. The molecule has 4 nitrogen and oxygen atoms in total. The van der Waals surface area contributed by atoms with Gasteiger partial charge in [0.1, 0.15) is 0 Å². The van der Waals surface area contributed by atoms with Gasteiger partial charge in [-0.2, -0.15) is 5.10 Å². The first-order chi connectivity index (χ1) is 5.77. The van der Waals surface area contributed by atoms with Crippen molar-refractivity contribution in [3.8, 4) is 0 Å². The zero-order chi connectivity index (χ0) is 8.97. The van der Waals surface area contributed by atoms with Gasteiger partial charge >= 0.3 is 0 Å². The van der Waals surface area contributed by atoms with Gasteiger partial charge < -0.3 is 9.47 Å². The Labute approximate surface area is 72.1 Å². The highest BCUT2D eigenvalue weighted by molar-refractivity contribution is 5.00. The molecule has 4 heteroatoms. The third-order valence-corrected chi connectivity index (χ3v) is 1.82. The molecule has 0 spiro atoms. The van der Waals surface area contributed by atoms with Gasteiger partial charge in [-0.25, -0.2) is 0 Å². The first kappa shape index (κ1) is 9.22. The van der Waals surface area contributed by atoms with E-state index in [0.29, 0.717) is 0 Å². The van der Waals surface area contributed by atoms with Crippen LogP contribution < -0.4 is 0 Å². The minimum Gasteiger partial charge on any atom is -0.356 e. The largest absolute Gasteiger partial charge is 0.356 e. The van der Waals surface area contributed by atoms with Crippen LogP contribution in [0.15, 0.2) is 12.3 Å². The molecule has 0 radical (unpaired) electrons. The minimum atomic E-state index is -0.180. The lowest BCUT2D eigenvalue weighted by Gasteiger charge is -2.12. The van der Waals surface area contributed by atoms with Crippen LogP contribution in [0, 0.1) is 0 Å². The van der Waals surface area contributed by atoms with Gasteiger partial charge in [0.05, 0.1) is 0 Å². The van der Waals surface area contributed by atoms with Crippen LogP contribution in [0.1, 0.15) is 5.69 Å². The van der Waals surface area contributed by atoms with Crippen LogP contribution in [0.5, 0.6) is 0 Å². The number of aromatic nitrogens is 2. The Kier molecular flexibility index (Phi) is 3.25. The smallest absolute Gasteiger partial charge is 0.162 e. The summed E-state index contributed by atoms with van der Waals surface area (Å²) in [5.41, 5.74) is 1.10. The number of hydrogen-bond acceptors (Lipinski definition) is 3. The van der Waals surface area contributed by atoms with Crippen molar-refractivity contribution in [3.63, 3.8) is 0 Å². The van der Waals surface area contributed by atoms with Crippen molar-refractivity contribution >= 4 is 0 Å². The van der Waals surface area contributed by atoms with Gasteiger partial charge in [-0.1, -0.05) is 0 Å². The Morgan fingerprint density at radius 3 is 2.58 bits per heavy atom. The summed E-state index contributed by atoms with van der Waals surface area (Å²) in [4.78, 5) is 0. The van der Waals surface area contributed by atoms with E-state index in [9.17, 15) is 0 Å². The molecular formula is C8H14N2O2. The van der Waals surface area contributed by atoms with E-state index >= 15 is 0 Å². The molecule has 0 N–H and O–H groups in total. The Morgan fingerprint density at radius 1 is 1.50 bits per heavy atom. The number of hydrogen-bond donors (Lipinski definition) is 0. The summed E-state index contributed by atoms with van der Waals surface area (Å²) in [7, 11) is 5.16. The molecule has 1 aromatic rings. The van der Waals surface area contributed by atoms with E-state index in [2.05, 4.69) is 5.10 Å². The molecule has 0 amide bonds. The predicted octanol–water partition coefficient (Wildman–Crippen LogP) is 0.582. The molecule has 0 bridgehead atoms. The Hall–Kier alpha value is -0.870. The zero-order valence-electron chi connectivity index (χ0n) is 7.65. The van der Waals surface area contributed by atoms with Crippen LogP contribution in [0.3, 0.4) is 0 Å². The van der Waals surface area contributed by atoms with Gasteiger partial charge in [0, 0.05) is 39.6 Å². The van der Waals surface area contributed by atoms with Crippen LogP contribution >= 0.6 is 0 Å². The summed E-state index contributed by atoms with van der Waals surface area (Å²) >= 11 is 0. The summed E-state index contributed by atoms with van der Waals surface area (Å²) < 4.78 is 11.9. The molecule has 0 fully saturated rings. The van der Waals surface area contributed by atoms with E-state index in [1.807, 2.05) is 17.8 Å². The maximum Gasteiger partial charge on any atom is 0.162 e. The summed E-state index contributed by atoms with van der Waals surface area (Å²) in [6.07, 6.45) is 2.31. The standard InChI is InChI=1S/C8H14N2O2/c1-10-7(4-5-9-10)6-8(11-2)12-3/h4-5,8H,6H2,1-3H3. The molecule has 1 rings (SSSR count). The highest BCUT2D eigenvalue weighted by Gasteiger charge is 2.08. The summed E-state index contributed by atoms with van der Waals surface area (Å²) in [5, 5.41) is 4.04. The molecule has 0 aliphatic heterocycles. The van der Waals surface area contributed by atoms with Crippen molar-refractivity contribution in [2.24, 2.45) is 7.05 Å². The molecule has 68 valence electrons. The summed E-state index contributed by atoms with van der Waals surface area (Å²) in [6.45, 7) is 0. The van der Waals surface area contributed by atoms with Gasteiger partial charge in [-0.3, -0.25) is 4.68 Å². The summed E-state index contributed by atoms with van der Waals surface area (Å²) in [5.74, 6) is 0. The Bertz CT molecular complexity index is 231. The maximum absolute atomic E-state index is 5.06. The van der Waals surface area contributed by atoms with Crippen molar-refractivity contribution in [2.75, 3.05) is 14.2 Å². The second-order valence-corrected chi connectivity index (χ2v) is 2.55. The Morgan fingerprint density at radius 2 is 2.17 bits per heavy atom. The third kappa shape index (κ3) is 2.06. The SMILES string of the molecule is COC(Cc1ccnn1C)OC. The number of rotatable bonds is 4. The highest BCUT2D eigenvalue weighted by Crippen LogP contribution is 2.03. The average molecular weight is 170 g/mol. The lowest BCUT2D eigenvalue weighted by molar-refractivity contribution is -0.101. The predicted molar refractivity (Wildman–Crippen MR) is 44.7 cm³/mol. The summed E-state index contributed by atoms with van der Waals surface area (Å²) in [6, 6.07) is 1.95. The normalized spacial score (nSPS) is 11.0. The molecule has 0 aromatic carbocycles. The molecule has 1 aromatic heterocycles. The van der Waals surface area contributed by atoms with Crippen LogP contribution in [-0.2, 0) is 22.9 Å². The molecular weight excluding hydrogens is 156 g/mol. The van der Waals surface area contributed by atoms with Crippen LogP contribution in [0.25, 0.3) is 0 Å². The topological polar surface area (TPSA) is 36.3 Å². The van der Waals surface area contributed by atoms with Gasteiger partial charge in [0.15, 0.2) is 6.29 Å². The average Bonchev–Trinajstić information content (AvgIpc) is 2.47. The van der Waals surface area contributed by atoms with E-state index in [0.717, 1.165) is 12.1 Å². The van der Waals surface area contributed by atoms with Crippen molar-refractivity contribution in [1.82, 2.24) is 9.78 Å². The van der Waals surface area contributed by atoms with E-state index < -0.39 is 0 Å². The molecule has 0 atom stereocenters. The second-order valence-electron chi connectivity index (χ2n) is 2.55. The molecule has 12 heavy (non-hydrogen) atoms. The lowest BCUT2D eigenvalue weighted by atomic mass is 10.3. The first-order valence-corrected chi connectivity index (χ1v) is 3.80. The molecule has 1 heterocycles. The van der Waals surface area contributed by atoms with Gasteiger partial charge in [0.25, 0.3) is 0 Å². The third-order valence-electron chi connectivity index (χ3n) is 1.82. The van der Waals surface area contributed by atoms with Gasteiger partial charge in [0.2, 0.25) is 0 Å². The fraction of sp³-hybridized carbons (Fsp3) is 0.625. The Balaban J connectivity index is 2.56. The fourth-order valence-corrected chi connectivity index (χ4v) is 1.04.